The Kier molecular flexibility index (Phi) is 4.07. The molecule has 1 N–H and O–H groups in total. The molecule has 17 heavy (non-hydrogen) atoms. The number of rotatable bonds is 3. The monoisotopic (exact) mass is 378 g/mol. The van der Waals surface area contributed by atoms with E-state index in [0.717, 1.165) is 19.5 Å². The lowest BCUT2D eigenvalue weighted by molar-refractivity contribution is 0.207. The first kappa shape index (κ1) is 13.3. The molecule has 3 nitrogen and oxygen atoms in total. The maximum absolute atomic E-state index is 10.5. The zero-order chi connectivity index (χ0) is 12.6. The fourth-order valence-corrected chi connectivity index (χ4v) is 3.71. The van der Waals surface area contributed by atoms with Gasteiger partial charge in [-0.2, -0.15) is 5.10 Å². The molecule has 2 heterocycles. The first-order valence-electron chi connectivity index (χ1n) is 5.16. The lowest BCUT2D eigenvalue weighted by Gasteiger charge is -2.16. The van der Waals surface area contributed by atoms with Crippen molar-refractivity contribution in [3.05, 3.63) is 37.2 Å². The van der Waals surface area contributed by atoms with E-state index in [4.69, 9.17) is 0 Å². The Morgan fingerprint density at radius 1 is 1.35 bits per heavy atom. The van der Waals surface area contributed by atoms with Gasteiger partial charge in [-0.05, 0) is 57.2 Å². The number of thiophene rings is 1. The van der Waals surface area contributed by atoms with E-state index in [1.807, 2.05) is 30.0 Å². The van der Waals surface area contributed by atoms with Crippen molar-refractivity contribution in [2.45, 2.75) is 26.0 Å². The van der Waals surface area contributed by atoms with Crippen LogP contribution in [0.15, 0.2) is 26.6 Å². The molecule has 0 aliphatic rings. The van der Waals surface area contributed by atoms with Crippen LogP contribution in [0, 0.1) is 0 Å². The summed E-state index contributed by atoms with van der Waals surface area (Å²) >= 11 is 8.41. The molecule has 0 aromatic carbocycles. The summed E-state index contributed by atoms with van der Waals surface area (Å²) in [5.74, 6) is 0. The quantitative estimate of drug-likeness (QED) is 0.870. The topological polar surface area (TPSA) is 38.0 Å². The predicted molar refractivity (Wildman–Crippen MR) is 76.4 cm³/mol. The standard InChI is InChI=1S/C11H12Br2N2OS/c1-6(2)15-9(8(13)5-14-15)10(16)11-7(12)3-4-17-11/h3-6,10,16H,1-2H3. The third-order valence-corrected chi connectivity index (χ3v) is 4.96. The van der Waals surface area contributed by atoms with Gasteiger partial charge in [0.2, 0.25) is 0 Å². The van der Waals surface area contributed by atoms with Gasteiger partial charge in [0, 0.05) is 10.5 Å². The van der Waals surface area contributed by atoms with Crippen LogP contribution in [0.1, 0.15) is 36.6 Å². The minimum atomic E-state index is -0.663. The lowest BCUT2D eigenvalue weighted by atomic mass is 10.2. The van der Waals surface area contributed by atoms with Gasteiger partial charge in [-0.1, -0.05) is 0 Å². The van der Waals surface area contributed by atoms with Gasteiger partial charge in [0.15, 0.2) is 0 Å². The van der Waals surface area contributed by atoms with Crippen LogP contribution in [0.2, 0.25) is 0 Å². The van der Waals surface area contributed by atoms with Crippen molar-refractivity contribution >= 4 is 43.2 Å². The second-order valence-electron chi connectivity index (χ2n) is 3.95. The van der Waals surface area contributed by atoms with Gasteiger partial charge in [-0.15, -0.1) is 11.3 Å². The van der Waals surface area contributed by atoms with E-state index in [9.17, 15) is 5.11 Å². The van der Waals surface area contributed by atoms with Crippen molar-refractivity contribution in [3.8, 4) is 0 Å². The summed E-state index contributed by atoms with van der Waals surface area (Å²) in [7, 11) is 0. The summed E-state index contributed by atoms with van der Waals surface area (Å²) in [5.41, 5.74) is 0.795. The molecule has 0 aliphatic carbocycles. The van der Waals surface area contributed by atoms with Gasteiger partial charge in [-0.25, -0.2) is 0 Å². The smallest absolute Gasteiger partial charge is 0.132 e. The highest BCUT2D eigenvalue weighted by Gasteiger charge is 2.23. The molecule has 0 amide bonds. The van der Waals surface area contributed by atoms with Crippen LogP contribution in [0.4, 0.5) is 0 Å². The van der Waals surface area contributed by atoms with Gasteiger partial charge >= 0.3 is 0 Å². The number of hydrogen-bond donors (Lipinski definition) is 1. The Balaban J connectivity index is 2.47. The molecule has 0 spiro atoms. The molecular weight excluding hydrogens is 368 g/mol. The SMILES string of the molecule is CC(C)n1ncc(Br)c1C(O)c1sccc1Br. The molecule has 0 fully saturated rings. The van der Waals surface area contributed by atoms with Crippen LogP contribution < -0.4 is 0 Å². The van der Waals surface area contributed by atoms with Gasteiger partial charge in [-0.3, -0.25) is 4.68 Å². The Hall–Kier alpha value is -0.170. The summed E-state index contributed by atoms with van der Waals surface area (Å²) in [6, 6.07) is 2.15. The normalized spacial score (nSPS) is 13.3. The van der Waals surface area contributed by atoms with E-state index in [-0.39, 0.29) is 6.04 Å². The van der Waals surface area contributed by atoms with Crippen LogP contribution in [0.25, 0.3) is 0 Å². The average Bonchev–Trinajstić information content (AvgIpc) is 2.83. The minimum Gasteiger partial charge on any atom is -0.381 e. The average molecular weight is 380 g/mol. The fourth-order valence-electron chi connectivity index (χ4n) is 1.64. The molecule has 2 aromatic rings. The molecule has 1 atom stereocenters. The molecule has 2 aromatic heterocycles. The van der Waals surface area contributed by atoms with Crippen LogP contribution in [0.3, 0.4) is 0 Å². The highest BCUT2D eigenvalue weighted by atomic mass is 79.9. The van der Waals surface area contributed by atoms with Gasteiger partial charge in [0.25, 0.3) is 0 Å². The molecule has 0 saturated heterocycles. The van der Waals surface area contributed by atoms with Gasteiger partial charge in [0.1, 0.15) is 6.10 Å². The Morgan fingerprint density at radius 2 is 2.06 bits per heavy atom. The van der Waals surface area contributed by atoms with Crippen molar-refractivity contribution in [1.29, 1.82) is 0 Å². The van der Waals surface area contributed by atoms with Crippen LogP contribution in [0.5, 0.6) is 0 Å². The first-order valence-corrected chi connectivity index (χ1v) is 7.62. The molecule has 0 aliphatic heterocycles. The van der Waals surface area contributed by atoms with Crippen molar-refractivity contribution in [2.75, 3.05) is 0 Å². The molecule has 0 bridgehead atoms. The second-order valence-corrected chi connectivity index (χ2v) is 6.61. The summed E-state index contributed by atoms with van der Waals surface area (Å²) < 4.78 is 3.60. The van der Waals surface area contributed by atoms with Crippen molar-refractivity contribution in [2.24, 2.45) is 0 Å². The number of aliphatic hydroxyl groups excluding tert-OH is 1. The van der Waals surface area contributed by atoms with Gasteiger partial charge < -0.3 is 5.11 Å². The van der Waals surface area contributed by atoms with E-state index in [1.54, 1.807) is 6.20 Å². The molecule has 6 heteroatoms. The van der Waals surface area contributed by atoms with Crippen molar-refractivity contribution in [3.63, 3.8) is 0 Å². The fraction of sp³-hybridized carbons (Fsp3) is 0.364. The first-order chi connectivity index (χ1) is 8.02. The third kappa shape index (κ3) is 2.50. The molecule has 0 radical (unpaired) electrons. The van der Waals surface area contributed by atoms with E-state index in [2.05, 4.69) is 37.0 Å². The Labute approximate surface area is 121 Å². The van der Waals surface area contributed by atoms with Crippen LogP contribution >= 0.6 is 43.2 Å². The summed E-state index contributed by atoms with van der Waals surface area (Å²) in [4.78, 5) is 0.896. The highest BCUT2D eigenvalue weighted by Crippen LogP contribution is 2.36. The summed E-state index contributed by atoms with van der Waals surface area (Å²) in [5, 5.41) is 16.7. The molecule has 2 rings (SSSR count). The lowest BCUT2D eigenvalue weighted by Crippen LogP contribution is -2.12. The molecule has 92 valence electrons. The largest absolute Gasteiger partial charge is 0.381 e. The number of nitrogens with zero attached hydrogens (tertiary/aromatic N) is 2. The zero-order valence-electron chi connectivity index (χ0n) is 9.39. The molecule has 1 unspecified atom stereocenters. The van der Waals surface area contributed by atoms with Crippen LogP contribution in [-0.4, -0.2) is 14.9 Å². The molecular formula is C11H12Br2N2OS. The maximum atomic E-state index is 10.5. The predicted octanol–water partition coefficient (Wildman–Crippen LogP) is 4.13. The number of aliphatic hydroxyl groups is 1. The van der Waals surface area contributed by atoms with E-state index in [1.165, 1.54) is 11.3 Å². The highest BCUT2D eigenvalue weighted by molar-refractivity contribution is 9.10. The number of aromatic nitrogens is 2. The minimum absolute atomic E-state index is 0.213. The van der Waals surface area contributed by atoms with Crippen molar-refractivity contribution < 1.29 is 5.11 Å². The van der Waals surface area contributed by atoms with E-state index in [0.29, 0.717) is 0 Å². The molecule has 0 saturated carbocycles. The number of hydrogen-bond acceptors (Lipinski definition) is 3. The Bertz CT molecular complexity index is 521. The van der Waals surface area contributed by atoms with Gasteiger partial charge in [0.05, 0.1) is 21.2 Å². The van der Waals surface area contributed by atoms with E-state index >= 15 is 0 Å². The third-order valence-electron chi connectivity index (χ3n) is 2.43. The number of halogens is 2. The maximum Gasteiger partial charge on any atom is 0.132 e. The summed E-state index contributed by atoms with van der Waals surface area (Å²) in [6.07, 6.45) is 1.06. The van der Waals surface area contributed by atoms with Crippen molar-refractivity contribution in [1.82, 2.24) is 9.78 Å². The zero-order valence-corrected chi connectivity index (χ0v) is 13.4. The Morgan fingerprint density at radius 3 is 2.59 bits per heavy atom. The second kappa shape index (κ2) is 5.22. The summed E-state index contributed by atoms with van der Waals surface area (Å²) in [6.45, 7) is 4.08. The van der Waals surface area contributed by atoms with Crippen LogP contribution in [-0.2, 0) is 0 Å². The van der Waals surface area contributed by atoms with E-state index < -0.39 is 6.10 Å².